The van der Waals surface area contributed by atoms with Crippen LogP contribution in [0.5, 0.6) is 0 Å². The van der Waals surface area contributed by atoms with Gasteiger partial charge in [0.25, 0.3) is 0 Å². The zero-order valence-corrected chi connectivity index (χ0v) is 20.3. The molecular weight excluding hydrogens is 477 g/mol. The van der Waals surface area contributed by atoms with Crippen molar-refractivity contribution in [2.75, 3.05) is 13.7 Å². The molecular formula is C25H25F3N4O2S. The van der Waals surface area contributed by atoms with Gasteiger partial charge >= 0.3 is 12.1 Å². The van der Waals surface area contributed by atoms with E-state index in [-0.39, 0.29) is 36.7 Å². The molecule has 1 fully saturated rings. The third-order valence-corrected chi connectivity index (χ3v) is 6.57. The van der Waals surface area contributed by atoms with E-state index in [9.17, 15) is 18.0 Å². The van der Waals surface area contributed by atoms with E-state index in [1.165, 1.54) is 19.2 Å². The number of aromatic nitrogens is 2. The first-order valence-electron chi connectivity index (χ1n) is 11.0. The van der Waals surface area contributed by atoms with Crippen LogP contribution in [0.4, 0.5) is 13.2 Å². The van der Waals surface area contributed by atoms with E-state index in [4.69, 9.17) is 17.0 Å². The van der Waals surface area contributed by atoms with Gasteiger partial charge in [-0.25, -0.2) is 0 Å². The lowest BCUT2D eigenvalue weighted by atomic mass is 9.96. The van der Waals surface area contributed by atoms with Crippen LogP contribution < -0.4 is 5.32 Å². The number of thiocarbonyl (C=S) groups is 1. The molecule has 3 heterocycles. The molecule has 0 bridgehead atoms. The van der Waals surface area contributed by atoms with Gasteiger partial charge in [-0.1, -0.05) is 18.2 Å². The second kappa shape index (κ2) is 9.69. The monoisotopic (exact) mass is 502 g/mol. The lowest BCUT2D eigenvalue weighted by Gasteiger charge is -2.28. The van der Waals surface area contributed by atoms with Crippen molar-refractivity contribution in [2.24, 2.45) is 0 Å². The summed E-state index contributed by atoms with van der Waals surface area (Å²) in [6.45, 7) is 3.86. The molecule has 0 aliphatic carbocycles. The topological polar surface area (TPSA) is 59.4 Å². The molecule has 35 heavy (non-hydrogen) atoms. The molecule has 1 saturated heterocycles. The van der Waals surface area contributed by atoms with Crippen molar-refractivity contribution >= 4 is 23.3 Å². The van der Waals surface area contributed by atoms with Gasteiger partial charge < -0.3 is 19.5 Å². The third kappa shape index (κ3) is 4.75. The summed E-state index contributed by atoms with van der Waals surface area (Å²) in [5.74, 6) is -0.377. The van der Waals surface area contributed by atoms with E-state index >= 15 is 0 Å². The van der Waals surface area contributed by atoms with Crippen molar-refractivity contribution < 1.29 is 22.7 Å². The smallest absolute Gasteiger partial charge is 0.418 e. The van der Waals surface area contributed by atoms with E-state index < -0.39 is 11.7 Å². The van der Waals surface area contributed by atoms with Crippen molar-refractivity contribution in [3.8, 4) is 5.69 Å². The highest BCUT2D eigenvalue weighted by Crippen LogP contribution is 2.42. The zero-order chi connectivity index (χ0) is 25.3. The highest BCUT2D eigenvalue weighted by atomic mass is 32.1. The van der Waals surface area contributed by atoms with Crippen LogP contribution in [0.2, 0.25) is 0 Å². The number of nitrogens with zero attached hydrogens (tertiary/aromatic N) is 3. The molecule has 0 unspecified atom stereocenters. The standard InChI is InChI=1S/C25H25F3N4O2S/c1-15-14-17(16(2)32(15)20-10-5-4-8-18(20)25(26,27)28)23-22(19-9-6-7-12-29-19)30-24(35)31(23)13-11-21(33)34-3/h4-10,12,14,22-23H,11,13H2,1-3H3,(H,30,35)/t22-,23+/m1/s1. The molecule has 2 aromatic heterocycles. The number of alkyl halides is 3. The first kappa shape index (κ1) is 24.7. The number of halogens is 3. The Labute approximate surface area is 206 Å². The van der Waals surface area contributed by atoms with Gasteiger partial charge in [-0.05, 0) is 62.0 Å². The number of aryl methyl sites for hydroxylation is 1. The summed E-state index contributed by atoms with van der Waals surface area (Å²) in [6, 6.07) is 12.2. The zero-order valence-electron chi connectivity index (χ0n) is 19.5. The van der Waals surface area contributed by atoms with Crippen molar-refractivity contribution in [3.05, 3.63) is 82.9 Å². The van der Waals surface area contributed by atoms with Crippen LogP contribution in [0.1, 0.15) is 46.7 Å². The van der Waals surface area contributed by atoms with Gasteiger partial charge in [-0.2, -0.15) is 13.2 Å². The van der Waals surface area contributed by atoms with Crippen molar-refractivity contribution in [1.82, 2.24) is 19.8 Å². The summed E-state index contributed by atoms with van der Waals surface area (Å²) in [5, 5.41) is 3.74. The highest BCUT2D eigenvalue weighted by Gasteiger charge is 2.42. The second-order valence-electron chi connectivity index (χ2n) is 8.32. The molecule has 0 radical (unpaired) electrons. The molecule has 1 aliphatic heterocycles. The Morgan fingerprint density at radius 3 is 2.54 bits per heavy atom. The highest BCUT2D eigenvalue weighted by molar-refractivity contribution is 7.80. The van der Waals surface area contributed by atoms with E-state index in [1.807, 2.05) is 23.1 Å². The molecule has 10 heteroatoms. The van der Waals surface area contributed by atoms with Crippen LogP contribution in [-0.4, -0.2) is 39.2 Å². The molecule has 184 valence electrons. The Morgan fingerprint density at radius 1 is 1.17 bits per heavy atom. The lowest BCUT2D eigenvalue weighted by Crippen LogP contribution is -2.32. The molecule has 2 atom stereocenters. The van der Waals surface area contributed by atoms with Crippen molar-refractivity contribution in [3.63, 3.8) is 0 Å². The maximum absolute atomic E-state index is 13.8. The number of pyridine rings is 1. The maximum Gasteiger partial charge on any atom is 0.418 e. The normalized spacial score (nSPS) is 18.0. The van der Waals surface area contributed by atoms with Gasteiger partial charge in [0.05, 0.1) is 42.6 Å². The number of hydrogen-bond donors (Lipinski definition) is 1. The minimum atomic E-state index is -4.50. The number of carbonyl (C=O) groups excluding carboxylic acids is 1. The average molecular weight is 503 g/mol. The number of rotatable bonds is 6. The van der Waals surface area contributed by atoms with E-state index in [0.29, 0.717) is 16.5 Å². The molecule has 1 N–H and O–H groups in total. The summed E-state index contributed by atoms with van der Waals surface area (Å²) in [4.78, 5) is 18.2. The quantitative estimate of drug-likeness (QED) is 0.376. The first-order chi connectivity index (χ1) is 16.6. The SMILES string of the molecule is COC(=O)CCN1C(=S)N[C@H](c2ccccn2)[C@@H]1c1cc(C)n(-c2ccccc2C(F)(F)F)c1C. The minimum absolute atomic E-state index is 0.0604. The van der Waals surface area contributed by atoms with E-state index in [2.05, 4.69) is 10.3 Å². The van der Waals surface area contributed by atoms with Gasteiger partial charge in [-0.3, -0.25) is 9.78 Å². The molecule has 4 rings (SSSR count). The first-order valence-corrected chi connectivity index (χ1v) is 11.4. The predicted octanol–water partition coefficient (Wildman–Crippen LogP) is 5.04. The fourth-order valence-corrected chi connectivity index (χ4v) is 5.00. The van der Waals surface area contributed by atoms with E-state index in [0.717, 1.165) is 17.3 Å². The van der Waals surface area contributed by atoms with Crippen molar-refractivity contribution in [2.45, 2.75) is 38.5 Å². The Kier molecular flexibility index (Phi) is 6.84. The number of carbonyl (C=O) groups is 1. The molecule has 6 nitrogen and oxygen atoms in total. The Morgan fingerprint density at radius 2 is 1.89 bits per heavy atom. The molecule has 3 aromatic rings. The number of hydrogen-bond acceptors (Lipinski definition) is 4. The van der Waals surface area contributed by atoms with Crippen LogP contribution >= 0.6 is 12.2 Å². The van der Waals surface area contributed by atoms with Crippen LogP contribution in [0.3, 0.4) is 0 Å². The van der Waals surface area contributed by atoms with Gasteiger partial charge in [-0.15, -0.1) is 0 Å². The van der Waals surface area contributed by atoms with Gasteiger partial charge in [0.15, 0.2) is 5.11 Å². The van der Waals surface area contributed by atoms with Crippen LogP contribution in [0, 0.1) is 13.8 Å². The summed E-state index contributed by atoms with van der Waals surface area (Å²) in [7, 11) is 1.32. The maximum atomic E-state index is 13.8. The van der Waals surface area contributed by atoms with Crippen LogP contribution in [0.15, 0.2) is 54.7 Å². The summed E-state index contributed by atoms with van der Waals surface area (Å²) in [6.07, 6.45) is -2.71. The number of nitrogens with one attached hydrogen (secondary N) is 1. The average Bonchev–Trinajstić information content (AvgIpc) is 3.32. The number of para-hydroxylation sites is 1. The predicted molar refractivity (Wildman–Crippen MR) is 129 cm³/mol. The summed E-state index contributed by atoms with van der Waals surface area (Å²) < 4.78 is 47.8. The number of methoxy groups -OCH3 is 1. The molecule has 0 spiro atoms. The Bertz CT molecular complexity index is 1240. The number of benzene rings is 1. The third-order valence-electron chi connectivity index (χ3n) is 6.22. The minimum Gasteiger partial charge on any atom is -0.469 e. The second-order valence-corrected chi connectivity index (χ2v) is 8.71. The molecule has 0 saturated carbocycles. The van der Waals surface area contributed by atoms with Crippen LogP contribution in [-0.2, 0) is 15.7 Å². The number of esters is 1. The van der Waals surface area contributed by atoms with E-state index in [1.54, 1.807) is 36.7 Å². The Balaban J connectivity index is 1.84. The molecule has 0 amide bonds. The summed E-state index contributed by atoms with van der Waals surface area (Å²) >= 11 is 5.61. The van der Waals surface area contributed by atoms with Gasteiger partial charge in [0, 0.05) is 24.1 Å². The fraction of sp³-hybridized carbons (Fsp3) is 0.320. The van der Waals surface area contributed by atoms with Crippen molar-refractivity contribution in [1.29, 1.82) is 0 Å². The lowest BCUT2D eigenvalue weighted by molar-refractivity contribution is -0.141. The van der Waals surface area contributed by atoms with Gasteiger partial charge in [0.1, 0.15) is 0 Å². The van der Waals surface area contributed by atoms with Gasteiger partial charge in [0.2, 0.25) is 0 Å². The number of ether oxygens (including phenoxy) is 1. The fourth-order valence-electron chi connectivity index (χ4n) is 4.66. The molecule has 1 aliphatic rings. The van der Waals surface area contributed by atoms with Crippen LogP contribution in [0.25, 0.3) is 5.69 Å². The molecule has 1 aromatic carbocycles. The largest absolute Gasteiger partial charge is 0.469 e. The summed E-state index contributed by atoms with van der Waals surface area (Å²) in [5.41, 5.74) is 2.19. The Hall–Kier alpha value is -3.40.